The zero-order valence-electron chi connectivity index (χ0n) is 8.73. The first-order valence-electron chi connectivity index (χ1n) is 4.26. The molecule has 2 amide bonds. The van der Waals surface area contributed by atoms with E-state index in [9.17, 15) is 9.59 Å². The van der Waals surface area contributed by atoms with E-state index in [1.54, 1.807) is 14.1 Å². The molecule has 1 heterocycles. The topological polar surface area (TPSA) is 85.5 Å². The second-order valence-electron chi connectivity index (χ2n) is 3.12. The highest BCUT2D eigenvalue weighted by Crippen LogP contribution is 2.20. The number of ether oxygens (including phenoxy) is 1. The number of nitrogens with zero attached hydrogens (tertiary/aromatic N) is 2. The number of carbonyl (C=O) groups excluding carboxylic acids is 2. The fourth-order valence-electron chi connectivity index (χ4n) is 0.962. The molecule has 0 aliphatic heterocycles. The van der Waals surface area contributed by atoms with Gasteiger partial charge in [-0.05, 0) is 0 Å². The molecule has 0 aliphatic carbocycles. The number of hydrogen-bond donors (Lipinski definition) is 1. The smallest absolute Gasteiger partial charge is 0.409 e. The molecule has 1 rings (SSSR count). The van der Waals surface area contributed by atoms with Gasteiger partial charge in [-0.1, -0.05) is 11.6 Å². The predicted octanol–water partition coefficient (Wildman–Crippen LogP) is 0.894. The first-order chi connectivity index (χ1) is 7.41. The number of aromatic nitrogens is 1. The van der Waals surface area contributed by atoms with Crippen molar-refractivity contribution < 1.29 is 14.3 Å². The summed E-state index contributed by atoms with van der Waals surface area (Å²) in [6, 6.07) is 1.30. The number of rotatable bonds is 2. The van der Waals surface area contributed by atoms with E-state index < -0.39 is 6.09 Å². The van der Waals surface area contributed by atoms with E-state index >= 15 is 0 Å². The van der Waals surface area contributed by atoms with Crippen molar-refractivity contribution >= 4 is 23.6 Å². The Kier molecular flexibility index (Phi) is 3.68. The van der Waals surface area contributed by atoms with Gasteiger partial charge in [-0.3, -0.25) is 4.79 Å². The van der Waals surface area contributed by atoms with Crippen LogP contribution in [-0.2, 0) is 0 Å². The number of amides is 2. The average molecular weight is 244 g/mol. The fourth-order valence-corrected chi connectivity index (χ4v) is 1.20. The zero-order chi connectivity index (χ0) is 12.3. The highest BCUT2D eigenvalue weighted by molar-refractivity contribution is 6.33. The molecule has 0 aromatic carbocycles. The van der Waals surface area contributed by atoms with Crippen LogP contribution in [0.1, 0.15) is 10.5 Å². The molecule has 0 fully saturated rings. The molecule has 16 heavy (non-hydrogen) atoms. The maximum atomic E-state index is 11.5. The van der Waals surface area contributed by atoms with Gasteiger partial charge in [0.05, 0.1) is 11.2 Å². The van der Waals surface area contributed by atoms with Gasteiger partial charge >= 0.3 is 6.09 Å². The van der Waals surface area contributed by atoms with Gasteiger partial charge in [0.25, 0.3) is 5.91 Å². The molecule has 2 N–H and O–H groups in total. The van der Waals surface area contributed by atoms with Crippen LogP contribution in [0.3, 0.4) is 0 Å². The number of pyridine rings is 1. The summed E-state index contributed by atoms with van der Waals surface area (Å²) in [7, 11) is 3.16. The molecular weight excluding hydrogens is 234 g/mol. The third kappa shape index (κ3) is 2.83. The number of primary amides is 1. The second kappa shape index (κ2) is 4.80. The lowest BCUT2D eigenvalue weighted by atomic mass is 10.3. The van der Waals surface area contributed by atoms with Crippen LogP contribution in [0.5, 0.6) is 5.75 Å². The van der Waals surface area contributed by atoms with Crippen LogP contribution in [0.25, 0.3) is 0 Å². The normalized spacial score (nSPS) is 9.69. The number of nitrogens with two attached hydrogens (primary N) is 1. The van der Waals surface area contributed by atoms with Crippen molar-refractivity contribution in [1.29, 1.82) is 0 Å². The van der Waals surface area contributed by atoms with Gasteiger partial charge < -0.3 is 15.4 Å². The largest absolute Gasteiger partial charge is 0.410 e. The second-order valence-corrected chi connectivity index (χ2v) is 3.53. The van der Waals surface area contributed by atoms with Crippen LogP contribution in [0.2, 0.25) is 5.02 Å². The van der Waals surface area contributed by atoms with Gasteiger partial charge in [0, 0.05) is 20.2 Å². The molecule has 0 radical (unpaired) electrons. The number of halogens is 1. The van der Waals surface area contributed by atoms with E-state index in [4.69, 9.17) is 17.3 Å². The minimum atomic E-state index is -0.968. The predicted molar refractivity (Wildman–Crippen MR) is 57.5 cm³/mol. The molecule has 0 atom stereocenters. The molecule has 6 nitrogen and oxygen atoms in total. The van der Waals surface area contributed by atoms with Crippen LogP contribution in [0.4, 0.5) is 4.79 Å². The summed E-state index contributed by atoms with van der Waals surface area (Å²) < 4.78 is 4.56. The Balaban J connectivity index is 3.00. The molecule has 1 aromatic rings. The van der Waals surface area contributed by atoms with Gasteiger partial charge in [0.1, 0.15) is 5.69 Å². The Morgan fingerprint density at radius 2 is 2.12 bits per heavy atom. The Morgan fingerprint density at radius 1 is 1.50 bits per heavy atom. The van der Waals surface area contributed by atoms with Crippen molar-refractivity contribution in [3.8, 4) is 5.75 Å². The first kappa shape index (κ1) is 12.3. The summed E-state index contributed by atoms with van der Waals surface area (Å²) >= 11 is 5.81. The molecule has 1 aromatic heterocycles. The van der Waals surface area contributed by atoms with Crippen molar-refractivity contribution in [3.05, 3.63) is 23.0 Å². The maximum Gasteiger partial charge on any atom is 0.410 e. The van der Waals surface area contributed by atoms with Crippen molar-refractivity contribution in [2.24, 2.45) is 5.73 Å². The highest BCUT2D eigenvalue weighted by Gasteiger charge is 2.15. The number of hydrogen-bond acceptors (Lipinski definition) is 4. The Hall–Kier alpha value is -1.82. The molecule has 86 valence electrons. The Morgan fingerprint density at radius 3 is 2.56 bits per heavy atom. The van der Waals surface area contributed by atoms with Crippen LogP contribution in [0.15, 0.2) is 12.3 Å². The molecule has 0 saturated heterocycles. The lowest BCUT2D eigenvalue weighted by molar-refractivity contribution is 0.0822. The van der Waals surface area contributed by atoms with Gasteiger partial charge in [0.2, 0.25) is 0 Å². The van der Waals surface area contributed by atoms with Crippen molar-refractivity contribution in [1.82, 2.24) is 9.88 Å². The maximum absolute atomic E-state index is 11.5. The summed E-state index contributed by atoms with van der Waals surface area (Å²) in [5, 5.41) is 0.0949. The standard InChI is InChI=1S/C9H10ClN3O3/c1-13(2)8(14)7-6(10)3-5(4-12-7)16-9(11)15/h3-4H,1-2H3,(H2,11,15). The molecule has 7 heteroatoms. The van der Waals surface area contributed by atoms with Crippen LogP contribution < -0.4 is 10.5 Å². The van der Waals surface area contributed by atoms with Gasteiger partial charge in [-0.2, -0.15) is 0 Å². The molecule has 0 saturated carbocycles. The third-order valence-corrected chi connectivity index (χ3v) is 1.93. The molecular formula is C9H10ClN3O3. The van der Waals surface area contributed by atoms with Crippen molar-refractivity contribution in [3.63, 3.8) is 0 Å². The van der Waals surface area contributed by atoms with Gasteiger partial charge in [-0.15, -0.1) is 0 Å². The summed E-state index contributed by atoms with van der Waals surface area (Å²) in [5.41, 5.74) is 4.90. The Bertz CT molecular complexity index is 434. The molecule has 0 unspecified atom stereocenters. The van der Waals surface area contributed by atoms with E-state index in [1.807, 2.05) is 0 Å². The van der Waals surface area contributed by atoms with E-state index in [-0.39, 0.29) is 22.4 Å². The van der Waals surface area contributed by atoms with Crippen LogP contribution in [0, 0.1) is 0 Å². The highest BCUT2D eigenvalue weighted by atomic mass is 35.5. The summed E-state index contributed by atoms with van der Waals surface area (Å²) in [6.45, 7) is 0. The van der Waals surface area contributed by atoms with E-state index in [1.165, 1.54) is 17.2 Å². The lowest BCUT2D eigenvalue weighted by Crippen LogP contribution is -2.23. The van der Waals surface area contributed by atoms with Gasteiger partial charge in [-0.25, -0.2) is 9.78 Å². The average Bonchev–Trinajstić information content (AvgIpc) is 2.15. The quantitative estimate of drug-likeness (QED) is 0.836. The monoisotopic (exact) mass is 243 g/mol. The third-order valence-electron chi connectivity index (χ3n) is 1.64. The SMILES string of the molecule is CN(C)C(=O)c1ncc(OC(N)=O)cc1Cl. The number of carbonyl (C=O) groups is 2. The minimum absolute atomic E-state index is 0.0866. The summed E-state index contributed by atoms with van der Waals surface area (Å²) in [6.07, 6.45) is 0.234. The van der Waals surface area contributed by atoms with E-state index in [0.29, 0.717) is 0 Å². The molecule has 0 spiro atoms. The fraction of sp³-hybridized carbons (Fsp3) is 0.222. The van der Waals surface area contributed by atoms with Crippen LogP contribution >= 0.6 is 11.6 Å². The summed E-state index contributed by atoms with van der Waals surface area (Å²) in [5.74, 6) is -0.247. The minimum Gasteiger partial charge on any atom is -0.409 e. The van der Waals surface area contributed by atoms with E-state index in [2.05, 4.69) is 9.72 Å². The van der Waals surface area contributed by atoms with Crippen molar-refractivity contribution in [2.45, 2.75) is 0 Å². The zero-order valence-corrected chi connectivity index (χ0v) is 9.49. The summed E-state index contributed by atoms with van der Waals surface area (Å²) in [4.78, 5) is 27.1. The van der Waals surface area contributed by atoms with E-state index in [0.717, 1.165) is 0 Å². The molecule has 0 aliphatic rings. The van der Waals surface area contributed by atoms with Gasteiger partial charge in [0.15, 0.2) is 5.75 Å². The van der Waals surface area contributed by atoms with Crippen LogP contribution in [-0.4, -0.2) is 36.0 Å². The Labute approximate surface area is 97.0 Å². The molecule has 0 bridgehead atoms. The van der Waals surface area contributed by atoms with Crippen molar-refractivity contribution in [2.75, 3.05) is 14.1 Å². The lowest BCUT2D eigenvalue weighted by Gasteiger charge is -2.10. The first-order valence-corrected chi connectivity index (χ1v) is 4.64.